The first-order valence-corrected chi connectivity index (χ1v) is 5.87. The molecule has 2 atom stereocenters. The minimum absolute atomic E-state index is 0.0566. The summed E-state index contributed by atoms with van der Waals surface area (Å²) in [5, 5.41) is 17.5. The van der Waals surface area contributed by atoms with Gasteiger partial charge in [-0.1, -0.05) is 30.3 Å². The lowest BCUT2D eigenvalue weighted by atomic mass is 10.1. The highest BCUT2D eigenvalue weighted by Gasteiger charge is 2.19. The molecule has 19 heavy (non-hydrogen) atoms. The summed E-state index contributed by atoms with van der Waals surface area (Å²) in [4.78, 5) is 21.9. The minimum atomic E-state index is -1.51. The Hall–Kier alpha value is -1.92. The maximum Gasteiger partial charge on any atom is 0.332 e. The van der Waals surface area contributed by atoms with Gasteiger partial charge in [0.1, 0.15) is 12.6 Å². The molecule has 104 valence electrons. The van der Waals surface area contributed by atoms with Crippen molar-refractivity contribution in [1.29, 1.82) is 0 Å². The van der Waals surface area contributed by atoms with E-state index in [2.05, 4.69) is 0 Å². The van der Waals surface area contributed by atoms with Crippen LogP contribution in [-0.2, 0) is 20.9 Å². The molecule has 6 heteroatoms. The molecule has 0 saturated heterocycles. The molecule has 0 aliphatic rings. The lowest BCUT2D eigenvalue weighted by Gasteiger charge is -2.12. The molecule has 1 aromatic carbocycles. The zero-order valence-corrected chi connectivity index (χ0v) is 10.4. The lowest BCUT2D eigenvalue weighted by Crippen LogP contribution is -2.34. The molecule has 0 aliphatic carbocycles. The molecule has 0 amide bonds. The molecule has 4 N–H and O–H groups in total. The topological polar surface area (TPSA) is 110 Å². The Bertz CT molecular complexity index is 420. The number of carbonyl (C=O) groups is 2. The van der Waals surface area contributed by atoms with Crippen LogP contribution in [0.5, 0.6) is 0 Å². The number of nitrogens with two attached hydrogens (primary N) is 1. The van der Waals surface area contributed by atoms with Gasteiger partial charge in [0.25, 0.3) is 0 Å². The second kappa shape index (κ2) is 7.50. The first-order valence-electron chi connectivity index (χ1n) is 5.87. The van der Waals surface area contributed by atoms with E-state index in [9.17, 15) is 9.59 Å². The smallest absolute Gasteiger partial charge is 0.332 e. The highest BCUT2D eigenvalue weighted by Crippen LogP contribution is 2.05. The van der Waals surface area contributed by atoms with Crippen molar-refractivity contribution in [1.82, 2.24) is 0 Å². The van der Waals surface area contributed by atoms with Crippen LogP contribution in [0.15, 0.2) is 30.3 Å². The van der Waals surface area contributed by atoms with Crippen molar-refractivity contribution in [3.63, 3.8) is 0 Å². The number of carboxylic acids is 1. The van der Waals surface area contributed by atoms with Crippen molar-refractivity contribution in [3.05, 3.63) is 35.9 Å². The zero-order valence-electron chi connectivity index (χ0n) is 10.4. The van der Waals surface area contributed by atoms with Crippen LogP contribution in [-0.4, -0.2) is 34.3 Å². The van der Waals surface area contributed by atoms with Crippen molar-refractivity contribution in [3.8, 4) is 0 Å². The third-order valence-electron chi connectivity index (χ3n) is 2.56. The Balaban J connectivity index is 2.31. The SMILES string of the molecule is NC(CCC(O)C(=O)O)C(=O)OCc1ccccc1. The van der Waals surface area contributed by atoms with Crippen LogP contribution in [0.4, 0.5) is 0 Å². The van der Waals surface area contributed by atoms with Crippen LogP contribution >= 0.6 is 0 Å². The van der Waals surface area contributed by atoms with Crippen molar-refractivity contribution in [2.24, 2.45) is 5.73 Å². The van der Waals surface area contributed by atoms with Gasteiger partial charge in [0.2, 0.25) is 0 Å². The Morgan fingerprint density at radius 2 is 1.84 bits per heavy atom. The summed E-state index contributed by atoms with van der Waals surface area (Å²) in [7, 11) is 0. The number of aliphatic hydroxyl groups is 1. The van der Waals surface area contributed by atoms with E-state index in [0.717, 1.165) is 5.56 Å². The van der Waals surface area contributed by atoms with Crippen LogP contribution in [0.25, 0.3) is 0 Å². The molecule has 0 bridgehead atoms. The number of rotatable bonds is 7. The Labute approximate surface area is 110 Å². The van der Waals surface area contributed by atoms with E-state index >= 15 is 0 Å². The number of benzene rings is 1. The van der Waals surface area contributed by atoms with E-state index in [4.69, 9.17) is 20.7 Å². The fourth-order valence-electron chi connectivity index (χ4n) is 1.41. The number of esters is 1. The summed E-state index contributed by atoms with van der Waals surface area (Å²) in [6, 6.07) is 8.20. The minimum Gasteiger partial charge on any atom is -0.479 e. The molecule has 0 spiro atoms. The van der Waals surface area contributed by atoms with E-state index in [1.54, 1.807) is 0 Å². The molecule has 6 nitrogen and oxygen atoms in total. The second-order valence-electron chi connectivity index (χ2n) is 4.13. The van der Waals surface area contributed by atoms with Gasteiger partial charge in [0.05, 0.1) is 0 Å². The molecule has 0 aromatic heterocycles. The van der Waals surface area contributed by atoms with Gasteiger partial charge in [-0.15, -0.1) is 0 Å². The van der Waals surface area contributed by atoms with Gasteiger partial charge >= 0.3 is 11.9 Å². The van der Waals surface area contributed by atoms with Gasteiger partial charge in [-0.25, -0.2) is 4.79 Å². The summed E-state index contributed by atoms with van der Waals surface area (Å²) in [6.07, 6.45) is -1.54. The van der Waals surface area contributed by atoms with Gasteiger partial charge in [-0.05, 0) is 18.4 Å². The van der Waals surface area contributed by atoms with E-state index < -0.39 is 24.1 Å². The molecule has 0 aliphatic heterocycles. The molecular weight excluding hydrogens is 250 g/mol. The maximum atomic E-state index is 11.5. The summed E-state index contributed by atoms with van der Waals surface area (Å²) in [6.45, 7) is 0.120. The Morgan fingerprint density at radius 1 is 1.21 bits per heavy atom. The predicted molar refractivity (Wildman–Crippen MR) is 67.1 cm³/mol. The molecule has 0 heterocycles. The van der Waals surface area contributed by atoms with Crippen LogP contribution in [0.2, 0.25) is 0 Å². The number of carboxylic acid groups (broad SMARTS) is 1. The summed E-state index contributed by atoms with van der Waals surface area (Å²) >= 11 is 0. The molecule has 1 rings (SSSR count). The third-order valence-corrected chi connectivity index (χ3v) is 2.56. The quantitative estimate of drug-likeness (QED) is 0.612. The van der Waals surface area contributed by atoms with Crippen LogP contribution in [0.3, 0.4) is 0 Å². The van der Waals surface area contributed by atoms with E-state index in [-0.39, 0.29) is 19.4 Å². The van der Waals surface area contributed by atoms with E-state index in [0.29, 0.717) is 0 Å². The Kier molecular flexibility index (Phi) is 5.98. The van der Waals surface area contributed by atoms with E-state index in [1.165, 1.54) is 0 Å². The average molecular weight is 267 g/mol. The average Bonchev–Trinajstić information content (AvgIpc) is 2.42. The number of hydrogen-bond acceptors (Lipinski definition) is 5. The van der Waals surface area contributed by atoms with Crippen molar-refractivity contribution < 1.29 is 24.5 Å². The lowest BCUT2D eigenvalue weighted by molar-refractivity contribution is -0.149. The molecule has 1 aromatic rings. The molecule has 2 unspecified atom stereocenters. The van der Waals surface area contributed by atoms with Crippen LogP contribution in [0.1, 0.15) is 18.4 Å². The fraction of sp³-hybridized carbons (Fsp3) is 0.385. The van der Waals surface area contributed by atoms with Gasteiger partial charge in [-0.3, -0.25) is 4.79 Å². The predicted octanol–water partition coefficient (Wildman–Crippen LogP) is 0.283. The largest absolute Gasteiger partial charge is 0.479 e. The second-order valence-corrected chi connectivity index (χ2v) is 4.13. The normalized spacial score (nSPS) is 13.6. The fourth-order valence-corrected chi connectivity index (χ4v) is 1.41. The number of carbonyl (C=O) groups excluding carboxylic acids is 1. The first-order chi connectivity index (χ1) is 9.00. The monoisotopic (exact) mass is 267 g/mol. The van der Waals surface area contributed by atoms with Gasteiger partial charge in [0, 0.05) is 0 Å². The van der Waals surface area contributed by atoms with Crippen molar-refractivity contribution >= 4 is 11.9 Å². The number of hydrogen-bond donors (Lipinski definition) is 3. The third kappa shape index (κ3) is 5.50. The number of aliphatic carboxylic acids is 1. The van der Waals surface area contributed by atoms with Crippen LogP contribution in [0, 0.1) is 0 Å². The maximum absolute atomic E-state index is 11.5. The van der Waals surface area contributed by atoms with Gasteiger partial charge in [0.15, 0.2) is 6.10 Å². The van der Waals surface area contributed by atoms with Crippen molar-refractivity contribution in [2.75, 3.05) is 0 Å². The number of aliphatic hydroxyl groups excluding tert-OH is 1. The van der Waals surface area contributed by atoms with E-state index in [1.807, 2.05) is 30.3 Å². The van der Waals surface area contributed by atoms with Gasteiger partial charge < -0.3 is 20.7 Å². The highest BCUT2D eigenvalue weighted by atomic mass is 16.5. The molecule has 0 fully saturated rings. The first kappa shape index (κ1) is 15.1. The summed E-state index contributed by atoms with van der Waals surface area (Å²) < 4.78 is 4.99. The molecular formula is C13H17NO5. The van der Waals surface area contributed by atoms with Crippen LogP contribution < -0.4 is 5.73 Å². The summed E-state index contributed by atoms with van der Waals surface area (Å²) in [5.41, 5.74) is 6.39. The standard InChI is InChI=1S/C13H17NO5/c14-10(6-7-11(15)12(16)17)13(18)19-8-9-4-2-1-3-5-9/h1-5,10-11,15H,6-8,14H2,(H,16,17). The van der Waals surface area contributed by atoms with Gasteiger partial charge in [-0.2, -0.15) is 0 Å². The summed E-state index contributed by atoms with van der Waals surface area (Å²) in [5.74, 6) is -1.94. The highest BCUT2D eigenvalue weighted by molar-refractivity contribution is 5.76. The molecule has 0 radical (unpaired) electrons. The number of ether oxygens (including phenoxy) is 1. The zero-order chi connectivity index (χ0) is 14.3. The molecule has 0 saturated carbocycles. The Morgan fingerprint density at radius 3 is 2.42 bits per heavy atom. The van der Waals surface area contributed by atoms with Crippen molar-refractivity contribution in [2.45, 2.75) is 31.6 Å².